The van der Waals surface area contributed by atoms with Gasteiger partial charge in [0.1, 0.15) is 0 Å². The lowest BCUT2D eigenvalue weighted by molar-refractivity contribution is 1.25. The molecule has 0 fully saturated rings. The second kappa shape index (κ2) is 11.1. The molecule has 0 rings (SSSR count). The Labute approximate surface area is 63.8 Å². The van der Waals surface area contributed by atoms with Crippen molar-refractivity contribution < 1.29 is 0 Å². The Morgan fingerprint density at radius 1 is 1.50 bits per heavy atom. The van der Waals surface area contributed by atoms with Crippen LogP contribution < -0.4 is 5.73 Å². The quantitative estimate of drug-likeness (QED) is 0.588. The fraction of sp³-hybridized carbons (Fsp3) is 0.625. The molecule has 0 atom stereocenters. The van der Waals surface area contributed by atoms with Crippen molar-refractivity contribution in [3.8, 4) is 0 Å². The van der Waals surface area contributed by atoms with Crippen LogP contribution in [0.25, 0.3) is 0 Å². The third kappa shape index (κ3) is 7.21. The highest BCUT2D eigenvalue weighted by molar-refractivity contribution is 5.94. The fourth-order valence-electron chi connectivity index (χ4n) is 0.462. The largest absolute Gasteiger partial charge is 0.405 e. The van der Waals surface area contributed by atoms with E-state index in [2.05, 4.69) is 4.99 Å². The van der Waals surface area contributed by atoms with Gasteiger partial charge in [-0.3, -0.25) is 4.99 Å². The predicted octanol–water partition coefficient (Wildman–Crippen LogP) is 1.97. The summed E-state index contributed by atoms with van der Waals surface area (Å²) < 4.78 is 0. The van der Waals surface area contributed by atoms with Gasteiger partial charge in [0.25, 0.3) is 0 Å². The summed E-state index contributed by atoms with van der Waals surface area (Å²) in [5.74, 6) is 0. The molecule has 0 saturated heterocycles. The maximum atomic E-state index is 5.12. The zero-order chi connectivity index (χ0) is 8.41. The van der Waals surface area contributed by atoms with E-state index in [-0.39, 0.29) is 0 Å². The molecule has 2 heteroatoms. The summed E-state index contributed by atoms with van der Waals surface area (Å²) in [6, 6.07) is 0. The van der Waals surface area contributed by atoms with E-state index in [4.69, 9.17) is 5.73 Å². The minimum Gasteiger partial charge on any atom is -0.405 e. The first kappa shape index (κ1) is 11.9. The first-order valence-corrected chi connectivity index (χ1v) is 3.69. The Morgan fingerprint density at radius 3 is 2.10 bits per heavy atom. The molecule has 0 heterocycles. The highest BCUT2D eigenvalue weighted by Gasteiger charge is 1.82. The first-order valence-electron chi connectivity index (χ1n) is 3.69. The molecule has 0 radical (unpaired) electrons. The van der Waals surface area contributed by atoms with Crippen molar-refractivity contribution in [3.05, 3.63) is 12.3 Å². The fourth-order valence-corrected chi connectivity index (χ4v) is 0.462. The van der Waals surface area contributed by atoms with E-state index in [1.807, 2.05) is 20.8 Å². The normalized spacial score (nSPS) is 11.0. The number of nitrogens with two attached hydrogens (primary N) is 1. The lowest BCUT2D eigenvalue weighted by atomic mass is 10.3. The van der Waals surface area contributed by atoms with Crippen LogP contribution in [-0.2, 0) is 0 Å². The molecule has 0 aromatic rings. The molecule has 10 heavy (non-hydrogen) atoms. The molecule has 0 aromatic carbocycles. The van der Waals surface area contributed by atoms with Gasteiger partial charge in [-0.2, -0.15) is 0 Å². The summed E-state index contributed by atoms with van der Waals surface area (Å²) >= 11 is 0. The van der Waals surface area contributed by atoms with Gasteiger partial charge in [-0.05, 0) is 18.7 Å². The van der Waals surface area contributed by atoms with Gasteiger partial charge in [0.2, 0.25) is 0 Å². The summed E-state index contributed by atoms with van der Waals surface area (Å²) in [7, 11) is 1.76. The summed E-state index contributed by atoms with van der Waals surface area (Å²) in [4.78, 5) is 3.95. The molecule has 0 aliphatic carbocycles. The summed E-state index contributed by atoms with van der Waals surface area (Å²) in [5.41, 5.74) is 6.15. The Morgan fingerprint density at radius 2 is 2.00 bits per heavy atom. The molecule has 0 spiro atoms. The number of hydrogen-bond acceptors (Lipinski definition) is 2. The van der Waals surface area contributed by atoms with Crippen LogP contribution in [0.5, 0.6) is 0 Å². The van der Waals surface area contributed by atoms with Gasteiger partial charge >= 0.3 is 0 Å². The molecule has 2 N–H and O–H groups in total. The molecular weight excluding hydrogens is 124 g/mol. The molecule has 0 aliphatic heterocycles. The van der Waals surface area contributed by atoms with E-state index in [1.54, 1.807) is 13.1 Å². The average Bonchev–Trinajstić information content (AvgIpc) is 2.04. The smallest absolute Gasteiger partial charge is 0.0356 e. The highest BCUT2D eigenvalue weighted by Crippen LogP contribution is 1.84. The van der Waals surface area contributed by atoms with Gasteiger partial charge in [-0.25, -0.2) is 0 Å². The standard InChI is InChI=1S/C6H12N2.C2H6/c1-3-6(8-2)4-5-7;1-2/h4-5H,3,7H2,1-2H3;1-2H3/b5-4-,8-6?;. The minimum atomic E-state index is 0.949. The van der Waals surface area contributed by atoms with E-state index >= 15 is 0 Å². The molecule has 0 aliphatic rings. The highest BCUT2D eigenvalue weighted by atomic mass is 14.7. The average molecular weight is 142 g/mol. The van der Waals surface area contributed by atoms with Crippen LogP contribution >= 0.6 is 0 Å². The number of rotatable bonds is 2. The molecule has 0 amide bonds. The van der Waals surface area contributed by atoms with E-state index in [1.165, 1.54) is 6.20 Å². The number of aliphatic imine (C=N–C) groups is 1. The van der Waals surface area contributed by atoms with Crippen molar-refractivity contribution >= 4 is 5.71 Å². The SMILES string of the molecule is CC.CCC(/C=C\N)=NC. The van der Waals surface area contributed by atoms with Crippen molar-refractivity contribution in [2.75, 3.05) is 7.05 Å². The third-order valence-corrected chi connectivity index (χ3v) is 0.938. The zero-order valence-corrected chi connectivity index (χ0v) is 7.39. The van der Waals surface area contributed by atoms with E-state index in [0.717, 1.165) is 12.1 Å². The van der Waals surface area contributed by atoms with E-state index < -0.39 is 0 Å². The number of hydrogen-bond donors (Lipinski definition) is 1. The Kier molecular flexibility index (Phi) is 13.2. The lowest BCUT2D eigenvalue weighted by Crippen LogP contribution is -1.91. The van der Waals surface area contributed by atoms with Crippen LogP contribution in [0.1, 0.15) is 27.2 Å². The van der Waals surface area contributed by atoms with Crippen molar-refractivity contribution in [2.45, 2.75) is 27.2 Å². The Bertz CT molecular complexity index is 101. The topological polar surface area (TPSA) is 38.4 Å². The second-order valence-electron chi connectivity index (χ2n) is 1.43. The second-order valence-corrected chi connectivity index (χ2v) is 1.43. The van der Waals surface area contributed by atoms with Crippen LogP contribution in [0.15, 0.2) is 17.3 Å². The van der Waals surface area contributed by atoms with Crippen LogP contribution in [0.2, 0.25) is 0 Å². The minimum absolute atomic E-state index is 0.949. The molecule has 2 nitrogen and oxygen atoms in total. The van der Waals surface area contributed by atoms with Gasteiger partial charge in [0.05, 0.1) is 0 Å². The van der Waals surface area contributed by atoms with Gasteiger partial charge in [-0.1, -0.05) is 20.8 Å². The third-order valence-electron chi connectivity index (χ3n) is 0.938. The lowest BCUT2D eigenvalue weighted by Gasteiger charge is -1.88. The van der Waals surface area contributed by atoms with Crippen molar-refractivity contribution in [3.63, 3.8) is 0 Å². The predicted molar refractivity (Wildman–Crippen MR) is 48.3 cm³/mol. The van der Waals surface area contributed by atoms with Crippen molar-refractivity contribution in [2.24, 2.45) is 10.7 Å². The molecule has 60 valence electrons. The summed E-state index contributed by atoms with van der Waals surface area (Å²) in [5, 5.41) is 0. The molecule has 0 aromatic heterocycles. The summed E-state index contributed by atoms with van der Waals surface area (Å²) in [6.07, 6.45) is 4.26. The monoisotopic (exact) mass is 142 g/mol. The van der Waals surface area contributed by atoms with Gasteiger partial charge < -0.3 is 5.73 Å². The van der Waals surface area contributed by atoms with Crippen LogP contribution in [-0.4, -0.2) is 12.8 Å². The van der Waals surface area contributed by atoms with Crippen LogP contribution in [0.3, 0.4) is 0 Å². The van der Waals surface area contributed by atoms with Crippen molar-refractivity contribution in [1.29, 1.82) is 0 Å². The zero-order valence-electron chi connectivity index (χ0n) is 7.39. The molecule has 0 bridgehead atoms. The first-order chi connectivity index (χ1) is 4.85. The van der Waals surface area contributed by atoms with Gasteiger partial charge in [0.15, 0.2) is 0 Å². The summed E-state index contributed by atoms with van der Waals surface area (Å²) in [6.45, 7) is 6.04. The maximum absolute atomic E-state index is 5.12. The van der Waals surface area contributed by atoms with Crippen LogP contribution in [0, 0.1) is 0 Å². The molecular formula is C8H18N2. The van der Waals surface area contributed by atoms with Gasteiger partial charge in [-0.15, -0.1) is 0 Å². The number of nitrogens with zero attached hydrogens (tertiary/aromatic N) is 1. The van der Waals surface area contributed by atoms with Gasteiger partial charge in [0, 0.05) is 12.8 Å². The van der Waals surface area contributed by atoms with Crippen molar-refractivity contribution in [1.82, 2.24) is 0 Å². The Balaban J connectivity index is 0. The molecule has 0 saturated carbocycles. The molecule has 0 unspecified atom stereocenters. The van der Waals surface area contributed by atoms with E-state index in [9.17, 15) is 0 Å². The Hall–Kier alpha value is -0.790. The number of allylic oxidation sites excluding steroid dienone is 1. The van der Waals surface area contributed by atoms with Crippen LogP contribution in [0.4, 0.5) is 0 Å². The maximum Gasteiger partial charge on any atom is 0.0356 e. The van der Waals surface area contributed by atoms with E-state index in [0.29, 0.717) is 0 Å².